The van der Waals surface area contributed by atoms with E-state index in [1.54, 1.807) is 24.3 Å². The number of hydroxylamine groups is 1. The van der Waals surface area contributed by atoms with Gasteiger partial charge in [0, 0.05) is 6.54 Å². The molecule has 1 unspecified atom stereocenters. The van der Waals surface area contributed by atoms with Gasteiger partial charge in [-0.3, -0.25) is 10.0 Å². The number of hydrogen-bond donors (Lipinski definition) is 4. The van der Waals surface area contributed by atoms with E-state index in [2.05, 4.69) is 0 Å². The number of aromatic hydroxyl groups is 1. The van der Waals surface area contributed by atoms with Crippen molar-refractivity contribution in [2.24, 2.45) is 0 Å². The first-order chi connectivity index (χ1) is 15.3. The zero-order valence-electron chi connectivity index (χ0n) is 16.7. The van der Waals surface area contributed by atoms with Gasteiger partial charge in [-0.15, -0.1) is 0 Å². The fourth-order valence-corrected chi connectivity index (χ4v) is 4.75. The zero-order chi connectivity index (χ0) is 23.3. The molecule has 168 valence electrons. The molecule has 0 fully saturated rings. The number of phenols is 1. The van der Waals surface area contributed by atoms with Crippen molar-refractivity contribution < 1.29 is 33.0 Å². The van der Waals surface area contributed by atoms with Gasteiger partial charge in [0.15, 0.2) is 0 Å². The van der Waals surface area contributed by atoms with E-state index < -0.39 is 27.8 Å². The number of benzene rings is 3. The number of rotatable bonds is 8. The minimum atomic E-state index is -4.37. The number of amides is 1. The van der Waals surface area contributed by atoms with Crippen LogP contribution >= 0.6 is 0 Å². The van der Waals surface area contributed by atoms with Gasteiger partial charge in [-0.2, -0.15) is 4.31 Å². The molecule has 4 N–H and O–H groups in total. The molecule has 1 atom stereocenters. The second kappa shape index (κ2) is 9.88. The van der Waals surface area contributed by atoms with E-state index in [-0.39, 0.29) is 29.4 Å². The molecule has 3 aromatic rings. The van der Waals surface area contributed by atoms with Gasteiger partial charge in [0.25, 0.3) is 5.91 Å². The number of phenolic OH excluding ortho intramolecular Hbond substituents is 1. The molecule has 8 nitrogen and oxygen atoms in total. The largest absolute Gasteiger partial charge is 0.508 e. The van der Waals surface area contributed by atoms with E-state index in [1.807, 2.05) is 0 Å². The predicted octanol–water partition coefficient (Wildman–Crippen LogP) is 2.46. The van der Waals surface area contributed by atoms with Gasteiger partial charge >= 0.3 is 0 Å². The van der Waals surface area contributed by atoms with Crippen molar-refractivity contribution in [3.05, 3.63) is 95.3 Å². The monoisotopic (exact) mass is 460 g/mol. The van der Waals surface area contributed by atoms with Crippen LogP contribution in [0.3, 0.4) is 0 Å². The molecule has 3 aromatic carbocycles. The fraction of sp³-hybridized carbons (Fsp3) is 0.136. The van der Waals surface area contributed by atoms with E-state index in [0.29, 0.717) is 11.1 Å². The lowest BCUT2D eigenvalue weighted by Crippen LogP contribution is -2.42. The minimum absolute atomic E-state index is 0.00545. The molecule has 0 bridgehead atoms. The summed E-state index contributed by atoms with van der Waals surface area (Å²) in [5.41, 5.74) is 2.56. The van der Waals surface area contributed by atoms with E-state index in [0.717, 1.165) is 16.4 Å². The van der Waals surface area contributed by atoms with Crippen molar-refractivity contribution in [1.29, 1.82) is 0 Å². The average molecular weight is 460 g/mol. The topological polar surface area (TPSA) is 127 Å². The lowest BCUT2D eigenvalue weighted by Gasteiger charge is -2.30. The molecule has 32 heavy (non-hydrogen) atoms. The van der Waals surface area contributed by atoms with E-state index in [4.69, 9.17) is 0 Å². The number of aliphatic hydroxyl groups is 1. The Morgan fingerprint density at radius 2 is 1.62 bits per heavy atom. The van der Waals surface area contributed by atoms with Gasteiger partial charge in [0.2, 0.25) is 10.0 Å². The highest BCUT2D eigenvalue weighted by Crippen LogP contribution is 2.31. The normalized spacial score (nSPS) is 12.5. The summed E-state index contributed by atoms with van der Waals surface area (Å²) in [7, 11) is -4.37. The molecule has 0 aliphatic carbocycles. The first-order valence-electron chi connectivity index (χ1n) is 9.45. The van der Waals surface area contributed by atoms with Gasteiger partial charge in [0.1, 0.15) is 17.6 Å². The maximum atomic E-state index is 13.9. The molecule has 10 heteroatoms. The molecule has 0 aliphatic heterocycles. The number of nitrogens with zero attached hydrogens (tertiary/aromatic N) is 1. The second-order valence-corrected chi connectivity index (χ2v) is 8.84. The first kappa shape index (κ1) is 23.4. The molecule has 0 aromatic heterocycles. The molecule has 0 heterocycles. The number of halogens is 1. The highest BCUT2D eigenvalue weighted by atomic mass is 32.2. The summed E-state index contributed by atoms with van der Waals surface area (Å²) in [5, 5.41) is 28.1. The lowest BCUT2D eigenvalue weighted by molar-refractivity contribution is -0.133. The zero-order valence-corrected chi connectivity index (χ0v) is 17.5. The Bertz CT molecular complexity index is 1180. The van der Waals surface area contributed by atoms with Crippen molar-refractivity contribution in [3.63, 3.8) is 0 Å². The smallest absolute Gasteiger partial charge is 0.266 e. The summed E-state index contributed by atoms with van der Waals surface area (Å²) in [6.45, 7) is -0.502. The van der Waals surface area contributed by atoms with Crippen LogP contribution in [0.1, 0.15) is 22.7 Å². The summed E-state index contributed by atoms with van der Waals surface area (Å²) >= 11 is 0. The Morgan fingerprint density at radius 3 is 2.19 bits per heavy atom. The summed E-state index contributed by atoms with van der Waals surface area (Å²) < 4.78 is 41.8. The Hall–Kier alpha value is -3.31. The number of sulfonamides is 1. The van der Waals surface area contributed by atoms with Crippen LogP contribution in [0.4, 0.5) is 4.39 Å². The van der Waals surface area contributed by atoms with E-state index in [9.17, 15) is 33.0 Å². The summed E-state index contributed by atoms with van der Waals surface area (Å²) in [5.74, 6) is -1.91. The van der Waals surface area contributed by atoms with Crippen molar-refractivity contribution in [3.8, 4) is 5.75 Å². The molecule has 0 aliphatic rings. The van der Waals surface area contributed by atoms with Crippen LogP contribution in [0.5, 0.6) is 5.75 Å². The van der Waals surface area contributed by atoms with Crippen LogP contribution in [0.25, 0.3) is 0 Å². The Balaban J connectivity index is 2.16. The predicted molar refractivity (Wildman–Crippen MR) is 112 cm³/mol. The maximum Gasteiger partial charge on any atom is 0.266 e. The molecule has 0 spiro atoms. The standard InChI is InChI=1S/C22H21FN2O6S/c23-18-3-1-2-17(12-18)21(22(28)24-29)25(13-15-4-6-16(14-26)7-5-15)32(30,31)20-10-8-19(27)9-11-20/h1-12,21,26-27,29H,13-14H2,(H,24,28). The third kappa shape index (κ3) is 5.11. The second-order valence-electron chi connectivity index (χ2n) is 6.95. The number of carbonyl (C=O) groups is 1. The highest BCUT2D eigenvalue weighted by Gasteiger charge is 2.37. The molecule has 0 saturated carbocycles. The summed E-state index contributed by atoms with van der Waals surface area (Å²) in [4.78, 5) is 12.4. The van der Waals surface area contributed by atoms with Gasteiger partial charge in [0.05, 0.1) is 11.5 Å². The molecule has 0 saturated heterocycles. The van der Waals surface area contributed by atoms with Crippen LogP contribution < -0.4 is 5.48 Å². The van der Waals surface area contributed by atoms with Crippen LogP contribution in [-0.2, 0) is 28.0 Å². The maximum absolute atomic E-state index is 13.9. The third-order valence-corrected chi connectivity index (χ3v) is 6.62. The van der Waals surface area contributed by atoms with E-state index >= 15 is 0 Å². The van der Waals surface area contributed by atoms with Gasteiger partial charge in [-0.25, -0.2) is 18.3 Å². The number of hydrogen-bond acceptors (Lipinski definition) is 6. The van der Waals surface area contributed by atoms with Crippen molar-refractivity contribution in [2.45, 2.75) is 24.1 Å². The SMILES string of the molecule is O=C(NO)C(c1cccc(F)c1)N(Cc1ccc(CO)cc1)S(=O)(=O)c1ccc(O)cc1. The van der Waals surface area contributed by atoms with Crippen molar-refractivity contribution in [2.75, 3.05) is 0 Å². The lowest BCUT2D eigenvalue weighted by atomic mass is 10.1. The van der Waals surface area contributed by atoms with Gasteiger partial charge in [-0.05, 0) is 53.1 Å². The van der Waals surface area contributed by atoms with Crippen LogP contribution in [0, 0.1) is 5.82 Å². The third-order valence-electron chi connectivity index (χ3n) is 4.80. The first-order valence-corrected chi connectivity index (χ1v) is 10.9. The van der Waals surface area contributed by atoms with Crippen molar-refractivity contribution >= 4 is 15.9 Å². The average Bonchev–Trinajstić information content (AvgIpc) is 2.79. The molecular formula is C22H21FN2O6S. The Kier molecular flexibility index (Phi) is 7.21. The number of carbonyl (C=O) groups excluding carboxylic acids is 1. The minimum Gasteiger partial charge on any atom is -0.508 e. The fourth-order valence-electron chi connectivity index (χ4n) is 3.18. The Morgan fingerprint density at radius 1 is 1.00 bits per heavy atom. The highest BCUT2D eigenvalue weighted by molar-refractivity contribution is 7.89. The summed E-state index contributed by atoms with van der Waals surface area (Å²) in [6.07, 6.45) is 0. The van der Waals surface area contributed by atoms with Crippen LogP contribution in [0.15, 0.2) is 77.7 Å². The van der Waals surface area contributed by atoms with Crippen LogP contribution in [-0.4, -0.2) is 34.1 Å². The molecule has 3 rings (SSSR count). The Labute approximate surface area is 184 Å². The van der Waals surface area contributed by atoms with Gasteiger partial charge in [-0.1, -0.05) is 36.4 Å². The van der Waals surface area contributed by atoms with E-state index in [1.165, 1.54) is 41.9 Å². The number of aliphatic hydroxyl groups excluding tert-OH is 1. The molecule has 0 radical (unpaired) electrons. The molecular weight excluding hydrogens is 439 g/mol. The van der Waals surface area contributed by atoms with Gasteiger partial charge < -0.3 is 10.2 Å². The quantitative estimate of drug-likeness (QED) is 0.302. The molecule has 1 amide bonds. The number of nitrogens with one attached hydrogen (secondary N) is 1. The summed E-state index contributed by atoms with van der Waals surface area (Å²) in [6, 6.07) is 14.3. The van der Waals surface area contributed by atoms with Crippen molar-refractivity contribution in [1.82, 2.24) is 9.79 Å². The van der Waals surface area contributed by atoms with Crippen LogP contribution in [0.2, 0.25) is 0 Å².